The Labute approximate surface area is 119 Å². The second kappa shape index (κ2) is 6.85. The maximum atomic E-state index is 11.9. The Hall–Kier alpha value is -1.41. The summed E-state index contributed by atoms with van der Waals surface area (Å²) in [4.78, 5) is 13.7. The molecule has 0 saturated carbocycles. The molecule has 1 aromatic heterocycles. The molecule has 1 heterocycles. The highest BCUT2D eigenvalue weighted by molar-refractivity contribution is 7.91. The highest BCUT2D eigenvalue weighted by Gasteiger charge is 2.16. The van der Waals surface area contributed by atoms with Gasteiger partial charge < -0.3 is 10.6 Å². The van der Waals surface area contributed by atoms with Crippen molar-refractivity contribution < 1.29 is 8.42 Å². The molecular formula is C12H22N4O3S. The largest absolute Gasteiger partial charge is 0.372 e. The predicted octanol–water partition coefficient (Wildman–Crippen LogP) is -0.539. The molecule has 0 bridgehead atoms. The van der Waals surface area contributed by atoms with E-state index in [0.29, 0.717) is 18.8 Å². The first kappa shape index (κ1) is 16.6. The lowest BCUT2D eigenvalue weighted by atomic mass is 10.4. The number of hydrogen-bond donors (Lipinski definition) is 1. The average molecular weight is 302 g/mol. The van der Waals surface area contributed by atoms with Crippen LogP contribution in [0.4, 0.5) is 5.69 Å². The summed E-state index contributed by atoms with van der Waals surface area (Å²) in [6.45, 7) is 4.41. The number of aryl methyl sites for hydroxylation is 1. The van der Waals surface area contributed by atoms with Gasteiger partial charge in [0, 0.05) is 26.2 Å². The quantitative estimate of drug-likeness (QED) is 0.726. The third-order valence-corrected chi connectivity index (χ3v) is 5.25. The summed E-state index contributed by atoms with van der Waals surface area (Å²) in [7, 11) is -1.36. The van der Waals surface area contributed by atoms with Crippen molar-refractivity contribution in [2.45, 2.75) is 25.6 Å². The van der Waals surface area contributed by atoms with Crippen molar-refractivity contribution >= 4 is 15.5 Å². The van der Waals surface area contributed by atoms with Gasteiger partial charge in [-0.05, 0) is 13.8 Å². The van der Waals surface area contributed by atoms with Crippen molar-refractivity contribution in [1.82, 2.24) is 9.78 Å². The van der Waals surface area contributed by atoms with Crippen LogP contribution < -0.4 is 16.2 Å². The lowest BCUT2D eigenvalue weighted by molar-refractivity contribution is 0.564. The van der Waals surface area contributed by atoms with Crippen molar-refractivity contribution in [3.05, 3.63) is 22.6 Å². The minimum atomic E-state index is -3.17. The zero-order valence-electron chi connectivity index (χ0n) is 12.1. The summed E-state index contributed by atoms with van der Waals surface area (Å²) in [5.74, 6) is -0.0877. The number of rotatable bonds is 7. The summed E-state index contributed by atoms with van der Waals surface area (Å²) in [5, 5.41) is 3.55. The summed E-state index contributed by atoms with van der Waals surface area (Å²) in [6, 6.07) is 1.44. The normalized spacial score (nSPS) is 11.8. The van der Waals surface area contributed by atoms with E-state index in [1.165, 1.54) is 10.7 Å². The average Bonchev–Trinajstić information content (AvgIpc) is 2.37. The first-order valence-electron chi connectivity index (χ1n) is 6.48. The molecule has 0 aliphatic rings. The molecule has 0 saturated heterocycles. The lowest BCUT2D eigenvalue weighted by Crippen LogP contribution is -2.31. The summed E-state index contributed by atoms with van der Waals surface area (Å²) < 4.78 is 24.6. The molecule has 0 aromatic carbocycles. The zero-order chi connectivity index (χ0) is 15.3. The van der Waals surface area contributed by atoms with Gasteiger partial charge in [-0.2, -0.15) is 5.10 Å². The van der Waals surface area contributed by atoms with Gasteiger partial charge >= 0.3 is 0 Å². The number of sulfone groups is 1. The number of aromatic nitrogens is 2. The van der Waals surface area contributed by atoms with E-state index >= 15 is 0 Å². The molecule has 2 N–H and O–H groups in total. The number of nitrogens with two attached hydrogens (primary N) is 1. The molecule has 114 valence electrons. The second-order valence-electron chi connectivity index (χ2n) is 4.90. The fourth-order valence-corrected chi connectivity index (χ4v) is 2.47. The van der Waals surface area contributed by atoms with Gasteiger partial charge in [-0.15, -0.1) is 0 Å². The molecule has 0 aliphatic heterocycles. The number of likely N-dealkylation sites (N-methyl/N-ethyl adjacent to an activating group) is 1. The molecule has 1 aromatic rings. The van der Waals surface area contributed by atoms with E-state index in [2.05, 4.69) is 5.10 Å². The second-order valence-corrected chi connectivity index (χ2v) is 7.58. The lowest BCUT2D eigenvalue weighted by Gasteiger charge is -2.17. The summed E-state index contributed by atoms with van der Waals surface area (Å²) in [5.41, 5.74) is 5.80. The maximum Gasteiger partial charge on any atom is 0.268 e. The van der Waals surface area contributed by atoms with E-state index in [0.717, 1.165) is 0 Å². The van der Waals surface area contributed by atoms with Crippen LogP contribution in [0.3, 0.4) is 0 Å². The molecule has 0 atom stereocenters. The monoisotopic (exact) mass is 302 g/mol. The maximum absolute atomic E-state index is 11.9. The predicted molar refractivity (Wildman–Crippen MR) is 79.7 cm³/mol. The number of nitrogens with zero attached hydrogens (tertiary/aromatic N) is 3. The minimum Gasteiger partial charge on any atom is -0.372 e. The zero-order valence-corrected chi connectivity index (χ0v) is 12.9. The molecule has 0 unspecified atom stereocenters. The van der Waals surface area contributed by atoms with Crippen LogP contribution in [-0.2, 0) is 16.4 Å². The molecule has 20 heavy (non-hydrogen) atoms. The molecule has 0 spiro atoms. The van der Waals surface area contributed by atoms with Gasteiger partial charge in [0.1, 0.15) is 0 Å². The Morgan fingerprint density at radius 1 is 1.45 bits per heavy atom. The van der Waals surface area contributed by atoms with Gasteiger partial charge in [0.15, 0.2) is 9.84 Å². The highest BCUT2D eigenvalue weighted by Crippen LogP contribution is 2.06. The van der Waals surface area contributed by atoms with Crippen LogP contribution in [0, 0.1) is 0 Å². The van der Waals surface area contributed by atoms with E-state index in [9.17, 15) is 13.2 Å². The third kappa shape index (κ3) is 4.31. The van der Waals surface area contributed by atoms with Crippen LogP contribution in [0.5, 0.6) is 0 Å². The van der Waals surface area contributed by atoms with Crippen LogP contribution in [0.1, 0.15) is 13.8 Å². The topological polar surface area (TPSA) is 98.3 Å². The summed E-state index contributed by atoms with van der Waals surface area (Å²) in [6.07, 6.45) is 1.54. The molecule has 0 amide bonds. The van der Waals surface area contributed by atoms with Gasteiger partial charge in [-0.25, -0.2) is 13.1 Å². The van der Waals surface area contributed by atoms with Gasteiger partial charge in [-0.1, -0.05) is 0 Å². The Morgan fingerprint density at radius 2 is 2.10 bits per heavy atom. The van der Waals surface area contributed by atoms with E-state index in [4.69, 9.17) is 5.73 Å². The number of hydrogen-bond acceptors (Lipinski definition) is 6. The SMILES string of the molecule is CC(C)S(=O)(=O)CCn1ncc(N(C)CCN)cc1=O. The molecule has 8 heteroatoms. The van der Waals surface area contributed by atoms with Crippen LogP contribution in [0.25, 0.3) is 0 Å². The van der Waals surface area contributed by atoms with E-state index in [1.807, 2.05) is 11.9 Å². The standard InChI is InChI=1S/C12H22N4O3S/c1-10(2)20(18,19)7-6-16-12(17)8-11(9-14-16)15(3)5-4-13/h8-10H,4-7,13H2,1-3H3. The Bertz CT molecular complexity index is 595. The molecule has 0 fully saturated rings. The van der Waals surface area contributed by atoms with Crippen LogP contribution in [-0.4, -0.2) is 49.3 Å². The van der Waals surface area contributed by atoms with Gasteiger partial charge in [0.2, 0.25) is 0 Å². The Morgan fingerprint density at radius 3 is 2.60 bits per heavy atom. The fourth-order valence-electron chi connectivity index (χ4n) is 1.57. The van der Waals surface area contributed by atoms with Crippen molar-refractivity contribution in [2.24, 2.45) is 5.73 Å². The van der Waals surface area contributed by atoms with Crippen molar-refractivity contribution in [3.63, 3.8) is 0 Å². The van der Waals surface area contributed by atoms with Crippen LogP contribution in [0.2, 0.25) is 0 Å². The Kier molecular flexibility index (Phi) is 5.70. The fraction of sp³-hybridized carbons (Fsp3) is 0.667. The van der Waals surface area contributed by atoms with Crippen molar-refractivity contribution in [1.29, 1.82) is 0 Å². The van der Waals surface area contributed by atoms with Crippen LogP contribution in [0.15, 0.2) is 17.1 Å². The van der Waals surface area contributed by atoms with Crippen molar-refractivity contribution in [2.75, 3.05) is 30.8 Å². The molecule has 1 rings (SSSR count). The molecule has 0 radical (unpaired) electrons. The van der Waals surface area contributed by atoms with E-state index in [-0.39, 0.29) is 17.9 Å². The smallest absolute Gasteiger partial charge is 0.268 e. The van der Waals surface area contributed by atoms with E-state index < -0.39 is 15.1 Å². The van der Waals surface area contributed by atoms with Gasteiger partial charge in [0.05, 0.1) is 29.4 Å². The first-order valence-corrected chi connectivity index (χ1v) is 8.19. The van der Waals surface area contributed by atoms with Gasteiger partial charge in [-0.3, -0.25) is 4.79 Å². The number of anilines is 1. The van der Waals surface area contributed by atoms with Gasteiger partial charge in [0.25, 0.3) is 5.56 Å². The molecule has 0 aliphatic carbocycles. The third-order valence-electron chi connectivity index (χ3n) is 3.07. The molecular weight excluding hydrogens is 280 g/mol. The van der Waals surface area contributed by atoms with E-state index in [1.54, 1.807) is 20.0 Å². The Balaban J connectivity index is 2.82. The minimum absolute atomic E-state index is 0.0697. The first-order chi connectivity index (χ1) is 9.27. The highest BCUT2D eigenvalue weighted by atomic mass is 32.2. The van der Waals surface area contributed by atoms with Crippen LogP contribution >= 0.6 is 0 Å². The van der Waals surface area contributed by atoms with Crippen molar-refractivity contribution in [3.8, 4) is 0 Å². The summed E-state index contributed by atoms with van der Waals surface area (Å²) >= 11 is 0. The molecule has 7 nitrogen and oxygen atoms in total.